The largest absolute Gasteiger partial charge is 0.359 e. The van der Waals surface area contributed by atoms with Crippen LogP contribution >= 0.6 is 11.6 Å². The SMILES string of the molecule is Cc1ccc(NC(=O)[C@H]2[C@H]3C=C[C@@]4(O3)[C@H]2C(=O)N(Cc2ccc(F)cc2)[C@@H]4C(=O)N[C@@H]2CCC[C@@H](C)[C@H]2C)cc1Cl. The van der Waals surface area contributed by atoms with Crippen LogP contribution < -0.4 is 10.6 Å². The highest BCUT2D eigenvalue weighted by Crippen LogP contribution is 2.55. The van der Waals surface area contributed by atoms with Crippen LogP contribution in [0.2, 0.25) is 5.02 Å². The summed E-state index contributed by atoms with van der Waals surface area (Å²) < 4.78 is 20.1. The molecule has 2 bridgehead atoms. The molecule has 6 rings (SSSR count). The van der Waals surface area contributed by atoms with Crippen LogP contribution in [0, 0.1) is 36.4 Å². The zero-order chi connectivity index (χ0) is 29.1. The van der Waals surface area contributed by atoms with Gasteiger partial charge in [0.2, 0.25) is 17.7 Å². The quantitative estimate of drug-likeness (QED) is 0.471. The van der Waals surface area contributed by atoms with Gasteiger partial charge in [-0.25, -0.2) is 4.39 Å². The molecule has 3 amide bonds. The van der Waals surface area contributed by atoms with Gasteiger partial charge in [0.05, 0.1) is 17.9 Å². The molecule has 9 heteroatoms. The number of anilines is 1. The van der Waals surface area contributed by atoms with Gasteiger partial charge in [-0.3, -0.25) is 14.4 Å². The molecule has 0 radical (unpaired) electrons. The Morgan fingerprint density at radius 2 is 1.88 bits per heavy atom. The van der Waals surface area contributed by atoms with Crippen molar-refractivity contribution in [1.29, 1.82) is 0 Å². The van der Waals surface area contributed by atoms with Crippen molar-refractivity contribution >= 4 is 35.0 Å². The van der Waals surface area contributed by atoms with Crippen LogP contribution in [-0.4, -0.2) is 46.4 Å². The van der Waals surface area contributed by atoms with Crippen molar-refractivity contribution in [3.63, 3.8) is 0 Å². The summed E-state index contributed by atoms with van der Waals surface area (Å²) in [4.78, 5) is 43.5. The molecule has 216 valence electrons. The number of nitrogens with one attached hydrogen (secondary N) is 2. The first-order valence-corrected chi connectivity index (χ1v) is 14.8. The summed E-state index contributed by atoms with van der Waals surface area (Å²) in [7, 11) is 0. The highest BCUT2D eigenvalue weighted by molar-refractivity contribution is 6.31. The van der Waals surface area contributed by atoms with Crippen LogP contribution in [0.15, 0.2) is 54.6 Å². The molecule has 1 aliphatic carbocycles. The molecule has 8 atom stereocenters. The van der Waals surface area contributed by atoms with E-state index in [-0.39, 0.29) is 36.1 Å². The maximum absolute atomic E-state index is 14.2. The fraction of sp³-hybridized carbons (Fsp3) is 0.469. The van der Waals surface area contributed by atoms with Crippen molar-refractivity contribution in [2.75, 3.05) is 5.32 Å². The topological polar surface area (TPSA) is 87.7 Å². The molecule has 2 aromatic carbocycles. The van der Waals surface area contributed by atoms with Gasteiger partial charge >= 0.3 is 0 Å². The van der Waals surface area contributed by atoms with E-state index >= 15 is 0 Å². The summed E-state index contributed by atoms with van der Waals surface area (Å²) in [5, 5.41) is 6.68. The average molecular weight is 580 g/mol. The van der Waals surface area contributed by atoms with Crippen molar-refractivity contribution < 1.29 is 23.5 Å². The zero-order valence-electron chi connectivity index (χ0n) is 23.4. The highest BCUT2D eigenvalue weighted by atomic mass is 35.5. The van der Waals surface area contributed by atoms with Gasteiger partial charge in [-0.2, -0.15) is 0 Å². The van der Waals surface area contributed by atoms with Gasteiger partial charge in [0.25, 0.3) is 0 Å². The molecule has 2 saturated heterocycles. The number of benzene rings is 2. The third-order valence-electron chi connectivity index (χ3n) is 9.67. The molecule has 7 nitrogen and oxygen atoms in total. The van der Waals surface area contributed by atoms with Crippen LogP contribution in [-0.2, 0) is 25.7 Å². The fourth-order valence-electron chi connectivity index (χ4n) is 7.17. The van der Waals surface area contributed by atoms with E-state index < -0.39 is 29.6 Å². The predicted octanol–water partition coefficient (Wildman–Crippen LogP) is 5.02. The van der Waals surface area contributed by atoms with Gasteiger partial charge in [0.1, 0.15) is 17.5 Å². The lowest BCUT2D eigenvalue weighted by molar-refractivity contribution is -0.142. The molecule has 3 aliphatic heterocycles. The summed E-state index contributed by atoms with van der Waals surface area (Å²) in [6, 6.07) is 10.1. The first kappa shape index (κ1) is 27.9. The minimum Gasteiger partial charge on any atom is -0.359 e. The Labute approximate surface area is 244 Å². The van der Waals surface area contributed by atoms with E-state index in [4.69, 9.17) is 16.3 Å². The van der Waals surface area contributed by atoms with E-state index in [0.29, 0.717) is 28.1 Å². The Bertz CT molecular complexity index is 1410. The molecule has 4 aliphatic rings. The monoisotopic (exact) mass is 579 g/mol. The summed E-state index contributed by atoms with van der Waals surface area (Å²) in [6.45, 7) is 6.32. The number of likely N-dealkylation sites (tertiary alicyclic amines) is 1. The molecule has 41 heavy (non-hydrogen) atoms. The van der Waals surface area contributed by atoms with Crippen LogP contribution in [0.3, 0.4) is 0 Å². The van der Waals surface area contributed by atoms with Crippen molar-refractivity contribution in [2.24, 2.45) is 23.7 Å². The molecule has 2 N–H and O–H groups in total. The lowest BCUT2D eigenvalue weighted by Crippen LogP contribution is -2.57. The second-order valence-electron chi connectivity index (χ2n) is 12.1. The maximum Gasteiger partial charge on any atom is 0.246 e. The highest BCUT2D eigenvalue weighted by Gasteiger charge is 2.72. The molecule has 0 aromatic heterocycles. The molecule has 2 aromatic rings. The van der Waals surface area contributed by atoms with Crippen LogP contribution in [0.5, 0.6) is 0 Å². The molecular formula is C32H35ClFN3O4. The number of hydrogen-bond acceptors (Lipinski definition) is 4. The van der Waals surface area contributed by atoms with Gasteiger partial charge < -0.3 is 20.3 Å². The average Bonchev–Trinajstić information content (AvgIpc) is 3.58. The second kappa shape index (κ2) is 10.6. The van der Waals surface area contributed by atoms with Crippen LogP contribution in [0.1, 0.15) is 44.2 Å². The lowest BCUT2D eigenvalue weighted by atomic mass is 9.73. The Morgan fingerprint density at radius 1 is 1.12 bits per heavy atom. The predicted molar refractivity (Wildman–Crippen MR) is 153 cm³/mol. The zero-order valence-corrected chi connectivity index (χ0v) is 24.2. The molecule has 1 saturated carbocycles. The summed E-state index contributed by atoms with van der Waals surface area (Å²) in [6.07, 6.45) is 5.97. The number of halogens is 2. The van der Waals surface area contributed by atoms with E-state index in [0.717, 1.165) is 24.8 Å². The van der Waals surface area contributed by atoms with Crippen molar-refractivity contribution in [3.05, 3.63) is 76.6 Å². The van der Waals surface area contributed by atoms with Gasteiger partial charge in [-0.05, 0) is 60.6 Å². The van der Waals surface area contributed by atoms with Crippen molar-refractivity contribution in [2.45, 2.75) is 70.4 Å². The maximum atomic E-state index is 14.2. The standard InChI is InChI=1S/C32H35ClFN3O4/c1-17-5-4-6-24(19(17)3)36-30(39)28-32-14-13-25(41-32)26(29(38)35-22-12-7-18(2)23(33)15-22)27(32)31(40)37(28)16-20-8-10-21(34)11-9-20/h7-15,17,19,24-28H,4-6,16H2,1-3H3,(H,35,38)(H,36,39)/t17-,19-,24-,25-,26+,27-,28-,32-/m1/s1. The molecule has 3 heterocycles. The number of carbonyl (C=O) groups excluding carboxylic acids is 3. The first-order chi connectivity index (χ1) is 19.6. The fourth-order valence-corrected chi connectivity index (χ4v) is 7.35. The van der Waals surface area contributed by atoms with Gasteiger partial charge in [-0.1, -0.05) is 68.6 Å². The number of hydrogen-bond donors (Lipinski definition) is 2. The Balaban J connectivity index is 1.32. The van der Waals surface area contributed by atoms with Crippen molar-refractivity contribution in [3.8, 4) is 0 Å². The van der Waals surface area contributed by atoms with Crippen LogP contribution in [0.4, 0.5) is 10.1 Å². The number of carbonyl (C=O) groups is 3. The van der Waals surface area contributed by atoms with E-state index in [1.54, 1.807) is 36.4 Å². The van der Waals surface area contributed by atoms with E-state index in [1.165, 1.54) is 17.0 Å². The summed E-state index contributed by atoms with van der Waals surface area (Å²) in [5.41, 5.74) is 0.812. The molecule has 1 spiro atoms. The second-order valence-corrected chi connectivity index (χ2v) is 12.5. The minimum atomic E-state index is -1.28. The number of nitrogens with zero attached hydrogens (tertiary/aromatic N) is 1. The Kier molecular flexibility index (Phi) is 7.19. The van der Waals surface area contributed by atoms with E-state index in [1.807, 2.05) is 13.0 Å². The summed E-state index contributed by atoms with van der Waals surface area (Å²) in [5.74, 6) is -2.30. The Hall–Kier alpha value is -3.23. The number of fused-ring (bicyclic) bond motifs is 1. The van der Waals surface area contributed by atoms with Gasteiger partial charge in [0, 0.05) is 23.3 Å². The Morgan fingerprint density at radius 3 is 2.61 bits per heavy atom. The third kappa shape index (κ3) is 4.75. The third-order valence-corrected chi connectivity index (χ3v) is 10.1. The molecule has 3 fully saturated rings. The summed E-state index contributed by atoms with van der Waals surface area (Å²) >= 11 is 6.27. The lowest BCUT2D eigenvalue weighted by Gasteiger charge is -2.38. The van der Waals surface area contributed by atoms with Gasteiger partial charge in [-0.15, -0.1) is 0 Å². The molecule has 0 unspecified atom stereocenters. The smallest absolute Gasteiger partial charge is 0.246 e. The first-order valence-electron chi connectivity index (χ1n) is 14.4. The minimum absolute atomic E-state index is 0.0163. The number of amides is 3. The normalized spacial score (nSPS) is 33.6. The number of aryl methyl sites for hydroxylation is 1. The van der Waals surface area contributed by atoms with Crippen LogP contribution in [0.25, 0.3) is 0 Å². The van der Waals surface area contributed by atoms with Crippen molar-refractivity contribution in [1.82, 2.24) is 10.2 Å². The molecular weight excluding hydrogens is 545 g/mol. The van der Waals surface area contributed by atoms with Gasteiger partial charge in [0.15, 0.2) is 0 Å². The van der Waals surface area contributed by atoms with E-state index in [9.17, 15) is 18.8 Å². The van der Waals surface area contributed by atoms with E-state index in [2.05, 4.69) is 24.5 Å². The number of ether oxygens (including phenoxy) is 1. The number of rotatable bonds is 6.